The summed E-state index contributed by atoms with van der Waals surface area (Å²) in [5.41, 5.74) is -0.612. The van der Waals surface area contributed by atoms with Crippen LogP contribution in [0.5, 0.6) is 0 Å². The summed E-state index contributed by atoms with van der Waals surface area (Å²) in [4.78, 5) is 2.48. The van der Waals surface area contributed by atoms with Gasteiger partial charge in [-0.25, -0.2) is 0 Å². The second-order valence-electron chi connectivity index (χ2n) is 3.45. The van der Waals surface area contributed by atoms with Crippen molar-refractivity contribution in [3.8, 4) is 0 Å². The Labute approximate surface area is 127 Å². The Morgan fingerprint density at radius 2 is 1.63 bits per heavy atom. The van der Waals surface area contributed by atoms with Gasteiger partial charge in [0.25, 0.3) is 11.9 Å². The Bertz CT molecular complexity index is 625. The molecular weight excluding hydrogens is 443 g/mol. The number of pyridine rings is 1. The smallest absolute Gasteiger partial charge is 0.253 e. The number of hydrogen-bond donors (Lipinski definition) is 1. The van der Waals surface area contributed by atoms with Crippen LogP contribution in [0.15, 0.2) is 22.7 Å². The van der Waals surface area contributed by atoms with Gasteiger partial charge in [-0.3, -0.25) is 0 Å². The summed E-state index contributed by atoms with van der Waals surface area (Å²) in [6, 6.07) is 4.90. The highest BCUT2D eigenvalue weighted by molar-refractivity contribution is 14.1. The van der Waals surface area contributed by atoms with E-state index in [-0.39, 0.29) is 0 Å². The third kappa shape index (κ3) is 2.99. The van der Waals surface area contributed by atoms with Crippen molar-refractivity contribution in [2.45, 2.75) is 0 Å². The fourth-order valence-electron chi connectivity index (χ4n) is 1.32. The van der Waals surface area contributed by atoms with E-state index in [0.717, 1.165) is 0 Å². The predicted octanol–water partition coefficient (Wildman–Crippen LogP) is 4.75. The van der Waals surface area contributed by atoms with Crippen molar-refractivity contribution in [1.82, 2.24) is 4.98 Å². The molecule has 0 fully saturated rings. The SMILES string of the molecule is Fc1nc(F)c(F)c(Nc2cc(Br)ccc2I)c1F. The lowest BCUT2D eigenvalue weighted by Gasteiger charge is -2.11. The number of anilines is 2. The van der Waals surface area contributed by atoms with E-state index in [0.29, 0.717) is 13.7 Å². The largest absolute Gasteiger partial charge is 0.350 e. The van der Waals surface area contributed by atoms with Crippen LogP contribution in [0.25, 0.3) is 0 Å². The van der Waals surface area contributed by atoms with Gasteiger partial charge in [0.15, 0.2) is 0 Å². The number of halogens is 6. The minimum Gasteiger partial charge on any atom is -0.350 e. The molecule has 19 heavy (non-hydrogen) atoms. The van der Waals surface area contributed by atoms with Crippen molar-refractivity contribution in [2.75, 3.05) is 5.32 Å². The van der Waals surface area contributed by atoms with Gasteiger partial charge in [0.2, 0.25) is 11.6 Å². The molecule has 0 radical (unpaired) electrons. The van der Waals surface area contributed by atoms with Gasteiger partial charge in [0.1, 0.15) is 5.69 Å². The lowest BCUT2D eigenvalue weighted by molar-refractivity contribution is 0.411. The van der Waals surface area contributed by atoms with Crippen molar-refractivity contribution in [2.24, 2.45) is 0 Å². The maximum absolute atomic E-state index is 13.4. The number of nitrogens with zero attached hydrogens (tertiary/aromatic N) is 1. The molecule has 100 valence electrons. The van der Waals surface area contributed by atoms with E-state index in [1.165, 1.54) is 6.07 Å². The van der Waals surface area contributed by atoms with Gasteiger partial charge in [-0.15, -0.1) is 0 Å². The molecule has 0 saturated carbocycles. The van der Waals surface area contributed by atoms with Gasteiger partial charge in [-0.05, 0) is 40.8 Å². The molecule has 0 aliphatic carbocycles. The van der Waals surface area contributed by atoms with E-state index in [1.54, 1.807) is 12.1 Å². The van der Waals surface area contributed by atoms with Crippen LogP contribution < -0.4 is 5.32 Å². The molecule has 0 aliphatic heterocycles. The molecule has 2 rings (SSSR count). The molecule has 2 aromatic rings. The number of hydrogen-bond acceptors (Lipinski definition) is 2. The first-order valence-corrected chi connectivity index (χ1v) is 6.69. The molecule has 1 N–H and O–H groups in total. The molecule has 0 saturated heterocycles. The summed E-state index contributed by atoms with van der Waals surface area (Å²) in [5, 5.41) is 2.32. The quantitative estimate of drug-likeness (QED) is 0.409. The maximum Gasteiger partial charge on any atom is 0.253 e. The molecule has 0 bridgehead atoms. The third-order valence-corrected chi connectivity index (χ3v) is 3.62. The zero-order chi connectivity index (χ0) is 14.2. The van der Waals surface area contributed by atoms with Crippen LogP contribution >= 0.6 is 38.5 Å². The van der Waals surface area contributed by atoms with Crippen LogP contribution in [0.3, 0.4) is 0 Å². The number of rotatable bonds is 2. The zero-order valence-electron chi connectivity index (χ0n) is 8.95. The molecule has 0 unspecified atom stereocenters. The monoisotopic (exact) mass is 446 g/mol. The van der Waals surface area contributed by atoms with Crippen LogP contribution in [0, 0.1) is 27.1 Å². The first-order valence-electron chi connectivity index (χ1n) is 4.82. The minimum atomic E-state index is -1.70. The van der Waals surface area contributed by atoms with E-state index in [1.807, 2.05) is 22.6 Å². The van der Waals surface area contributed by atoms with Crippen molar-refractivity contribution in [3.05, 3.63) is 49.8 Å². The number of aromatic nitrogens is 1. The summed E-state index contributed by atoms with van der Waals surface area (Å²) in [5.74, 6) is -6.55. The molecule has 2 nitrogen and oxygen atoms in total. The second kappa shape index (κ2) is 5.61. The predicted molar refractivity (Wildman–Crippen MR) is 74.2 cm³/mol. The van der Waals surface area contributed by atoms with Crippen LogP contribution in [0.4, 0.5) is 28.9 Å². The van der Waals surface area contributed by atoms with Gasteiger partial charge in [0, 0.05) is 8.04 Å². The molecule has 0 aliphatic rings. The van der Waals surface area contributed by atoms with Crippen LogP contribution in [0.1, 0.15) is 0 Å². The Balaban J connectivity index is 2.52. The third-order valence-electron chi connectivity index (χ3n) is 2.19. The van der Waals surface area contributed by atoms with Crippen molar-refractivity contribution < 1.29 is 17.6 Å². The normalized spacial score (nSPS) is 10.6. The Morgan fingerprint density at radius 1 is 1.05 bits per heavy atom. The molecule has 1 heterocycles. The Kier molecular flexibility index (Phi) is 4.29. The minimum absolute atomic E-state index is 0.303. The van der Waals surface area contributed by atoms with E-state index in [9.17, 15) is 17.6 Å². The van der Waals surface area contributed by atoms with Gasteiger partial charge in [-0.1, -0.05) is 15.9 Å². The summed E-state index contributed by atoms with van der Waals surface area (Å²) in [7, 11) is 0. The highest BCUT2D eigenvalue weighted by Gasteiger charge is 2.21. The standard InChI is InChI=1S/C11H4BrF4IN2/c12-4-1-2-5(17)6(3-4)18-9-7(13)10(15)19-11(16)8(9)14/h1-3H,(H,18,19). The highest BCUT2D eigenvalue weighted by atomic mass is 127. The van der Waals surface area contributed by atoms with Gasteiger partial charge >= 0.3 is 0 Å². The molecule has 1 aromatic carbocycles. The van der Waals surface area contributed by atoms with Crippen LogP contribution in [-0.2, 0) is 0 Å². The summed E-state index contributed by atoms with van der Waals surface area (Å²) in [6.07, 6.45) is 0. The number of benzene rings is 1. The molecule has 0 spiro atoms. The average molecular weight is 447 g/mol. The highest BCUT2D eigenvalue weighted by Crippen LogP contribution is 2.30. The first-order chi connectivity index (χ1) is 8.90. The fraction of sp³-hybridized carbons (Fsp3) is 0. The molecule has 1 aromatic heterocycles. The molecular formula is C11H4BrF4IN2. The van der Waals surface area contributed by atoms with E-state index in [4.69, 9.17) is 0 Å². The van der Waals surface area contributed by atoms with Crippen LogP contribution in [0.2, 0.25) is 0 Å². The topological polar surface area (TPSA) is 24.9 Å². The van der Waals surface area contributed by atoms with E-state index < -0.39 is 29.2 Å². The number of nitrogens with one attached hydrogen (secondary N) is 1. The molecule has 8 heteroatoms. The Hall–Kier alpha value is -0.900. The van der Waals surface area contributed by atoms with Crippen molar-refractivity contribution in [3.63, 3.8) is 0 Å². The molecule has 0 atom stereocenters. The fourth-order valence-corrected chi connectivity index (χ4v) is 2.16. The van der Waals surface area contributed by atoms with Crippen molar-refractivity contribution >= 4 is 49.9 Å². The van der Waals surface area contributed by atoms with E-state index >= 15 is 0 Å². The summed E-state index contributed by atoms with van der Waals surface area (Å²) in [6.45, 7) is 0. The Morgan fingerprint density at radius 3 is 2.21 bits per heavy atom. The summed E-state index contributed by atoms with van der Waals surface area (Å²) < 4.78 is 54.1. The lowest BCUT2D eigenvalue weighted by atomic mass is 10.3. The van der Waals surface area contributed by atoms with Gasteiger partial charge in [0.05, 0.1) is 5.69 Å². The maximum atomic E-state index is 13.4. The van der Waals surface area contributed by atoms with Crippen molar-refractivity contribution in [1.29, 1.82) is 0 Å². The summed E-state index contributed by atoms with van der Waals surface area (Å²) >= 11 is 5.10. The van der Waals surface area contributed by atoms with Gasteiger partial charge in [-0.2, -0.15) is 22.5 Å². The zero-order valence-corrected chi connectivity index (χ0v) is 12.7. The van der Waals surface area contributed by atoms with Gasteiger partial charge < -0.3 is 5.32 Å². The van der Waals surface area contributed by atoms with Crippen LogP contribution in [-0.4, -0.2) is 4.98 Å². The lowest BCUT2D eigenvalue weighted by Crippen LogP contribution is -2.06. The van der Waals surface area contributed by atoms with E-state index in [2.05, 4.69) is 26.2 Å². The molecule has 0 amide bonds. The second-order valence-corrected chi connectivity index (χ2v) is 5.52. The first kappa shape index (κ1) is 14.5. The average Bonchev–Trinajstić information content (AvgIpc) is 2.36.